The van der Waals surface area contributed by atoms with Crippen molar-refractivity contribution >= 4 is 56.6 Å². The molecule has 67 heavy (non-hydrogen) atoms. The Morgan fingerprint density at radius 3 is 1.81 bits per heavy atom. The number of carbonyl (C=O) groups excluding carboxylic acids is 3. The van der Waals surface area contributed by atoms with Crippen LogP contribution in [0.2, 0.25) is 0 Å². The van der Waals surface area contributed by atoms with Crippen molar-refractivity contribution in [3.63, 3.8) is 0 Å². The number of rotatable bonds is 20. The second-order valence-corrected chi connectivity index (χ2v) is 19.5. The Hall–Kier alpha value is -4.97. The van der Waals surface area contributed by atoms with Crippen LogP contribution in [0.1, 0.15) is 169 Å². The van der Waals surface area contributed by atoms with E-state index in [1.54, 1.807) is 12.1 Å². The van der Waals surface area contributed by atoms with E-state index >= 15 is 0 Å². The number of nitro groups is 2. The molecule has 0 spiro atoms. The molecule has 0 aromatic heterocycles. The molecule has 2 aliphatic carbocycles. The van der Waals surface area contributed by atoms with Crippen LogP contribution >= 0.6 is 12.2 Å². The first-order valence-electron chi connectivity index (χ1n) is 24.0. The van der Waals surface area contributed by atoms with Gasteiger partial charge in [-0.1, -0.05) is 89.7 Å². The first-order valence-corrected chi connectivity index (χ1v) is 25.9. The van der Waals surface area contributed by atoms with Crippen molar-refractivity contribution in [2.45, 2.75) is 165 Å². The number of benzene rings is 3. The molecule has 2 saturated carbocycles. The minimum absolute atomic E-state index is 0.00407. The molecule has 1 heterocycles. The summed E-state index contributed by atoms with van der Waals surface area (Å²) in [6, 6.07) is 18.7. The number of hydrogen-bond donors (Lipinski definition) is 4. The molecule has 4 N–H and O–H groups in total. The number of aliphatic hydroxyl groups excluding tert-OH is 1. The van der Waals surface area contributed by atoms with E-state index in [0.29, 0.717) is 48.6 Å². The number of non-ortho nitro benzene ring substituents is 2. The molecule has 1 saturated heterocycles. The van der Waals surface area contributed by atoms with E-state index in [1.165, 1.54) is 118 Å². The molecule has 6 rings (SSSR count). The summed E-state index contributed by atoms with van der Waals surface area (Å²) in [6.45, 7) is 3.91. The van der Waals surface area contributed by atoms with E-state index in [1.807, 2.05) is 12.1 Å². The molecule has 3 fully saturated rings. The van der Waals surface area contributed by atoms with Gasteiger partial charge in [-0.2, -0.15) is 0 Å². The van der Waals surface area contributed by atoms with E-state index < -0.39 is 26.0 Å². The molecule has 368 valence electrons. The van der Waals surface area contributed by atoms with Crippen LogP contribution in [0.5, 0.6) is 0 Å². The van der Waals surface area contributed by atoms with Gasteiger partial charge in [0.05, 0.1) is 20.8 Å². The zero-order chi connectivity index (χ0) is 48.9. The zero-order valence-corrected chi connectivity index (χ0v) is 40.7. The Morgan fingerprint density at radius 2 is 1.31 bits per heavy atom. The van der Waals surface area contributed by atoms with Crippen molar-refractivity contribution in [3.8, 4) is 0 Å². The fourth-order valence-electron chi connectivity index (χ4n) is 8.01. The Morgan fingerprint density at radius 1 is 0.761 bits per heavy atom. The number of aldehydes is 1. The Kier molecular flexibility index (Phi) is 26.8. The summed E-state index contributed by atoms with van der Waals surface area (Å²) in [7, 11) is -3.64. The van der Waals surface area contributed by atoms with Crippen LogP contribution in [0.25, 0.3) is 0 Å². The molecule has 3 aliphatic rings. The van der Waals surface area contributed by atoms with E-state index in [-0.39, 0.29) is 33.1 Å². The normalized spacial score (nSPS) is 17.2. The lowest BCUT2D eigenvalue weighted by Gasteiger charge is -2.25. The summed E-state index contributed by atoms with van der Waals surface area (Å²) < 4.78 is 27.5. The maximum atomic E-state index is 12.5. The largest absolute Gasteiger partial charge is 0.388 e. The molecule has 0 unspecified atom stereocenters. The highest BCUT2D eigenvalue weighted by atomic mass is 32.2. The lowest BCUT2D eigenvalue weighted by molar-refractivity contribution is -0.385. The van der Waals surface area contributed by atoms with E-state index in [9.17, 15) is 48.1 Å². The molecule has 3 aromatic rings. The highest BCUT2D eigenvalue weighted by Gasteiger charge is 2.30. The van der Waals surface area contributed by atoms with Gasteiger partial charge in [0.15, 0.2) is 5.11 Å². The summed E-state index contributed by atoms with van der Waals surface area (Å²) in [5.41, 5.74) is 2.18. The van der Waals surface area contributed by atoms with Crippen LogP contribution in [0.4, 0.5) is 11.4 Å². The van der Waals surface area contributed by atoms with Crippen LogP contribution in [-0.4, -0.2) is 65.5 Å². The van der Waals surface area contributed by atoms with Crippen molar-refractivity contribution in [1.82, 2.24) is 15.4 Å². The third-order valence-corrected chi connectivity index (χ3v) is 13.8. The molecule has 3 aromatic carbocycles. The summed E-state index contributed by atoms with van der Waals surface area (Å²) in [5, 5.41) is 37.3. The standard InChI is InChI=1S/C24H41N3O2S2.C13H15NO4.C7H5NO3.C6H10O/c1-2-3-4-5-6-7-8-9-10-11-13-21-15-17-23(18-16-21)31(28,29)27-24(30)26-20-22-14-12-19-25-22;15-12-4-2-1-3-11(12)13(16)9-5-7-10(8-6-9)14(17)18;9-5-6-1-3-7(4-2-6)8(10)11;7-6-4-2-1-3-5-6/h15-18,22,25H,2-14,19-20H2,1H3,(H2,26,27,30);5-8,11,13,16H,1-4H2;1-5H;1-5H2/t22-;11-,13+;;/m01../s1. The van der Waals surface area contributed by atoms with Crippen molar-refractivity contribution in [1.29, 1.82) is 0 Å². The number of thiocarbonyl (C=S) groups is 1. The third kappa shape index (κ3) is 22.6. The molecule has 3 atom stereocenters. The number of aryl methyl sites for hydroxylation is 1. The maximum Gasteiger partial charge on any atom is 0.269 e. The average molecular weight is 966 g/mol. The highest BCUT2D eigenvalue weighted by molar-refractivity contribution is 7.91. The second kappa shape index (κ2) is 31.9. The zero-order valence-electron chi connectivity index (χ0n) is 39.0. The quantitative estimate of drug-likeness (QED) is 0.0272. The minimum atomic E-state index is -3.64. The predicted octanol–water partition coefficient (Wildman–Crippen LogP) is 10.4. The minimum Gasteiger partial charge on any atom is -0.388 e. The first kappa shape index (κ1) is 56.4. The van der Waals surface area contributed by atoms with Crippen LogP contribution in [0.15, 0.2) is 77.7 Å². The van der Waals surface area contributed by atoms with Crippen molar-refractivity contribution in [3.05, 3.63) is 110 Å². The number of ketones is 2. The lowest BCUT2D eigenvalue weighted by atomic mass is 9.82. The van der Waals surface area contributed by atoms with Gasteiger partial charge in [0, 0.05) is 67.6 Å². The summed E-state index contributed by atoms with van der Waals surface area (Å²) >= 11 is 5.16. The fraction of sp³-hybridized carbons (Fsp3) is 0.560. The second-order valence-electron chi connectivity index (χ2n) is 17.4. The summed E-state index contributed by atoms with van der Waals surface area (Å²) in [4.78, 5) is 52.2. The van der Waals surface area contributed by atoms with Gasteiger partial charge in [0.1, 0.15) is 17.9 Å². The molecule has 0 radical (unpaired) electrons. The number of nitro benzene ring substituents is 2. The Labute approximate surface area is 402 Å². The van der Waals surface area contributed by atoms with Crippen LogP contribution in [0.3, 0.4) is 0 Å². The molecule has 1 aliphatic heterocycles. The summed E-state index contributed by atoms with van der Waals surface area (Å²) in [5.74, 6) is 0.193. The molecular formula is C50H71N5O10S2. The number of Topliss-reactive ketones (excluding diaryl/α,β-unsaturated/α-hetero) is 2. The van der Waals surface area contributed by atoms with Gasteiger partial charge in [-0.3, -0.25) is 39.3 Å². The van der Waals surface area contributed by atoms with Gasteiger partial charge >= 0.3 is 0 Å². The van der Waals surface area contributed by atoms with Gasteiger partial charge in [-0.25, -0.2) is 8.42 Å². The topological polar surface area (TPSA) is 228 Å². The molecule has 0 bridgehead atoms. The van der Waals surface area contributed by atoms with Crippen LogP contribution in [0, 0.1) is 26.1 Å². The van der Waals surface area contributed by atoms with Gasteiger partial charge in [-0.15, -0.1) is 0 Å². The number of hydrogen-bond acceptors (Lipinski definition) is 12. The number of carbonyl (C=O) groups is 3. The van der Waals surface area contributed by atoms with Crippen LogP contribution in [-0.2, 0) is 26.0 Å². The van der Waals surface area contributed by atoms with Gasteiger partial charge in [0.2, 0.25) is 0 Å². The number of unbranched alkanes of at least 4 members (excludes halogenated alkanes) is 9. The number of nitrogens with zero attached hydrogens (tertiary/aromatic N) is 2. The van der Waals surface area contributed by atoms with Crippen molar-refractivity contribution in [2.24, 2.45) is 5.92 Å². The summed E-state index contributed by atoms with van der Waals surface area (Å²) in [6.07, 6.45) is 24.5. The average Bonchev–Trinajstić information content (AvgIpc) is 3.86. The van der Waals surface area contributed by atoms with E-state index in [4.69, 9.17) is 12.2 Å². The first-order chi connectivity index (χ1) is 32.2. The monoisotopic (exact) mass is 965 g/mol. The highest BCUT2D eigenvalue weighted by Crippen LogP contribution is 2.32. The van der Waals surface area contributed by atoms with E-state index in [2.05, 4.69) is 22.3 Å². The molecular weight excluding hydrogens is 895 g/mol. The molecule has 15 nitrogen and oxygen atoms in total. The number of aliphatic hydroxyl groups is 1. The lowest BCUT2D eigenvalue weighted by Crippen LogP contribution is -2.44. The number of nitrogens with one attached hydrogen (secondary N) is 3. The van der Waals surface area contributed by atoms with Crippen LogP contribution < -0.4 is 15.4 Å². The maximum absolute atomic E-state index is 12.5. The fourth-order valence-corrected chi connectivity index (χ4v) is 9.35. The number of sulfonamides is 1. The SMILES string of the molecule is CCCCCCCCCCCCc1ccc(S(=O)(=O)NC(=S)NC[C@@H]2CCCN2)cc1.O=C1CCCCC1.O=C1CCCC[C@H]1[C@@H](O)c1ccc([N+](=O)[O-])cc1.O=Cc1ccc([N+](=O)[O-])cc1. The van der Waals surface area contributed by atoms with Gasteiger partial charge in [-0.05, 0) is 118 Å². The smallest absolute Gasteiger partial charge is 0.269 e. The van der Waals surface area contributed by atoms with Crippen molar-refractivity contribution < 1.29 is 37.8 Å². The van der Waals surface area contributed by atoms with E-state index in [0.717, 1.165) is 70.8 Å². The van der Waals surface area contributed by atoms with Crippen molar-refractivity contribution in [2.75, 3.05) is 13.1 Å². The Balaban J connectivity index is 0.000000274. The third-order valence-electron chi connectivity index (χ3n) is 12.0. The van der Waals surface area contributed by atoms with Gasteiger partial charge < -0.3 is 15.7 Å². The Bertz CT molecular complexity index is 2070. The van der Waals surface area contributed by atoms with Gasteiger partial charge in [0.25, 0.3) is 21.4 Å². The molecule has 17 heteroatoms. The molecule has 0 amide bonds. The predicted molar refractivity (Wildman–Crippen MR) is 266 cm³/mol.